The van der Waals surface area contributed by atoms with E-state index in [1.807, 2.05) is 0 Å². The van der Waals surface area contributed by atoms with Crippen LogP contribution < -0.4 is 4.74 Å². The van der Waals surface area contributed by atoms with Gasteiger partial charge in [-0.05, 0) is 18.2 Å². The number of carbonyl (C=O) groups is 1. The number of esters is 1. The molecule has 0 amide bonds. The number of hydrogen-bond donors (Lipinski definition) is 1. The Bertz CT molecular complexity index is 400. The topological polar surface area (TPSA) is 55.8 Å². The maximum atomic E-state index is 11.1. The highest BCUT2D eigenvalue weighted by atomic mass is 16.5. The number of benzene rings is 1. The molecule has 4 nitrogen and oxygen atoms in total. The third-order valence-corrected chi connectivity index (χ3v) is 1.49. The molecule has 4 heteroatoms. The van der Waals surface area contributed by atoms with E-state index in [4.69, 9.17) is 4.11 Å². The largest absolute Gasteiger partial charge is 0.504 e. The Balaban J connectivity index is 3.04. The Hall–Kier alpha value is -1.71. The van der Waals surface area contributed by atoms with E-state index in [0.29, 0.717) is 0 Å². The van der Waals surface area contributed by atoms with Crippen LogP contribution >= 0.6 is 0 Å². The summed E-state index contributed by atoms with van der Waals surface area (Å²) in [6, 6.07) is 3.56. The van der Waals surface area contributed by atoms with Crippen LogP contribution in [-0.4, -0.2) is 25.2 Å². The first-order chi connectivity index (χ1) is 7.33. The van der Waals surface area contributed by atoms with Crippen LogP contribution in [0.15, 0.2) is 18.2 Å². The van der Waals surface area contributed by atoms with Crippen molar-refractivity contribution in [3.63, 3.8) is 0 Å². The lowest BCUT2D eigenvalue weighted by Gasteiger charge is -2.04. The maximum Gasteiger partial charge on any atom is 0.337 e. The molecule has 0 fully saturated rings. The Labute approximate surface area is 79.9 Å². The molecule has 0 unspecified atom stereocenters. The van der Waals surface area contributed by atoms with Crippen LogP contribution in [0.1, 0.15) is 14.5 Å². The first-order valence-corrected chi connectivity index (χ1v) is 3.44. The molecular formula is C9H10O4. The van der Waals surface area contributed by atoms with Crippen LogP contribution in [0.2, 0.25) is 0 Å². The number of aromatic hydroxyl groups is 1. The molecule has 13 heavy (non-hydrogen) atoms. The van der Waals surface area contributed by atoms with E-state index in [9.17, 15) is 9.90 Å². The van der Waals surface area contributed by atoms with Gasteiger partial charge in [0.2, 0.25) is 0 Å². The van der Waals surface area contributed by atoms with E-state index in [2.05, 4.69) is 9.47 Å². The van der Waals surface area contributed by atoms with Gasteiger partial charge in [-0.15, -0.1) is 0 Å². The van der Waals surface area contributed by atoms with Crippen LogP contribution in [0, 0.1) is 0 Å². The molecular weight excluding hydrogens is 172 g/mol. The predicted molar refractivity (Wildman–Crippen MR) is 46.0 cm³/mol. The predicted octanol–water partition coefficient (Wildman–Crippen LogP) is 1.19. The van der Waals surface area contributed by atoms with Gasteiger partial charge >= 0.3 is 5.97 Å². The van der Waals surface area contributed by atoms with Gasteiger partial charge in [0.1, 0.15) is 0 Å². The SMILES string of the molecule is [2H]C([2H])([2H])Oc1cc(C(=O)OC)ccc1O. The van der Waals surface area contributed by atoms with Crippen molar-refractivity contribution in [2.75, 3.05) is 14.1 Å². The van der Waals surface area contributed by atoms with Gasteiger partial charge in [-0.2, -0.15) is 0 Å². The Kier molecular flexibility index (Phi) is 1.71. The van der Waals surface area contributed by atoms with E-state index in [-0.39, 0.29) is 17.1 Å². The van der Waals surface area contributed by atoms with Gasteiger partial charge in [-0.25, -0.2) is 4.79 Å². The molecule has 1 aromatic carbocycles. The van der Waals surface area contributed by atoms with E-state index < -0.39 is 13.0 Å². The van der Waals surface area contributed by atoms with Crippen molar-refractivity contribution in [3.05, 3.63) is 23.8 Å². The molecule has 70 valence electrons. The normalized spacial score (nSPS) is 13.8. The number of ether oxygens (including phenoxy) is 2. The average Bonchev–Trinajstić information content (AvgIpc) is 2.18. The number of hydrogen-bond acceptors (Lipinski definition) is 4. The molecule has 0 aliphatic rings. The zero-order valence-corrected chi connectivity index (χ0v) is 6.90. The summed E-state index contributed by atoms with van der Waals surface area (Å²) in [6.45, 7) is 0. The van der Waals surface area contributed by atoms with Gasteiger partial charge in [0.05, 0.1) is 23.8 Å². The number of methoxy groups -OCH3 is 2. The summed E-state index contributed by atoms with van der Waals surface area (Å²) in [5.41, 5.74) is 0.0968. The highest BCUT2D eigenvalue weighted by Crippen LogP contribution is 2.26. The molecule has 0 saturated carbocycles. The maximum absolute atomic E-state index is 11.1. The fourth-order valence-electron chi connectivity index (χ4n) is 0.841. The van der Waals surface area contributed by atoms with Crippen molar-refractivity contribution < 1.29 is 23.5 Å². The fourth-order valence-corrected chi connectivity index (χ4v) is 0.841. The standard InChI is InChI=1S/C9H10O4/c1-12-8-5-6(9(11)13-2)3-4-7(8)10/h3-5,10H,1-2H3/i1D3. The van der Waals surface area contributed by atoms with Crippen LogP contribution in [0.5, 0.6) is 11.5 Å². The number of phenols is 1. The number of phenolic OH excluding ortho intramolecular Hbond substituents is 1. The minimum absolute atomic E-state index is 0.0968. The highest BCUT2D eigenvalue weighted by Gasteiger charge is 2.08. The van der Waals surface area contributed by atoms with Crippen molar-refractivity contribution >= 4 is 5.97 Å². The second-order valence-electron chi connectivity index (χ2n) is 2.28. The zero-order valence-electron chi connectivity index (χ0n) is 9.90. The van der Waals surface area contributed by atoms with Gasteiger partial charge in [0.15, 0.2) is 11.5 Å². The van der Waals surface area contributed by atoms with Crippen molar-refractivity contribution in [1.82, 2.24) is 0 Å². The smallest absolute Gasteiger partial charge is 0.337 e. The van der Waals surface area contributed by atoms with Crippen molar-refractivity contribution in [2.45, 2.75) is 0 Å². The molecule has 0 saturated heterocycles. The molecule has 0 heterocycles. The summed E-state index contributed by atoms with van der Waals surface area (Å²) in [7, 11) is -1.49. The van der Waals surface area contributed by atoms with Crippen molar-refractivity contribution in [1.29, 1.82) is 0 Å². The van der Waals surface area contributed by atoms with Gasteiger partial charge in [-0.3, -0.25) is 0 Å². The summed E-state index contributed by atoms with van der Waals surface area (Å²) in [5, 5.41) is 9.33. The minimum atomic E-state index is -2.69. The van der Waals surface area contributed by atoms with E-state index in [1.165, 1.54) is 13.2 Å². The summed E-state index contributed by atoms with van der Waals surface area (Å²) in [4.78, 5) is 11.1. The monoisotopic (exact) mass is 185 g/mol. The third kappa shape index (κ3) is 1.90. The molecule has 0 atom stereocenters. The first-order valence-electron chi connectivity index (χ1n) is 4.94. The van der Waals surface area contributed by atoms with E-state index >= 15 is 0 Å². The number of rotatable bonds is 2. The molecule has 0 radical (unpaired) electrons. The molecule has 0 spiro atoms. The highest BCUT2D eigenvalue weighted by molar-refractivity contribution is 5.90. The third-order valence-electron chi connectivity index (χ3n) is 1.49. The van der Waals surface area contributed by atoms with Crippen LogP contribution in [-0.2, 0) is 4.74 Å². The van der Waals surface area contributed by atoms with Crippen LogP contribution in [0.4, 0.5) is 0 Å². The minimum Gasteiger partial charge on any atom is -0.504 e. The second-order valence-corrected chi connectivity index (χ2v) is 2.28. The summed E-state index contributed by atoms with van der Waals surface area (Å²) in [5.74, 6) is -1.29. The van der Waals surface area contributed by atoms with Gasteiger partial charge in [0, 0.05) is 0 Å². The van der Waals surface area contributed by atoms with Crippen LogP contribution in [0.25, 0.3) is 0 Å². The average molecular weight is 185 g/mol. The van der Waals surface area contributed by atoms with Crippen molar-refractivity contribution in [3.8, 4) is 11.5 Å². The summed E-state index contributed by atoms with van der Waals surface area (Å²) in [6.07, 6.45) is 0. The van der Waals surface area contributed by atoms with Gasteiger partial charge < -0.3 is 14.6 Å². The molecule has 1 N–H and O–H groups in total. The number of carbonyl (C=O) groups excluding carboxylic acids is 1. The van der Waals surface area contributed by atoms with Crippen molar-refractivity contribution in [2.24, 2.45) is 0 Å². The molecule has 1 aromatic rings. The zero-order chi connectivity index (χ0) is 12.3. The molecule has 0 aliphatic carbocycles. The lowest BCUT2D eigenvalue weighted by molar-refractivity contribution is 0.0600. The summed E-state index contributed by atoms with van der Waals surface area (Å²) < 4.78 is 29.6. The lowest BCUT2D eigenvalue weighted by Crippen LogP contribution is -2.01. The second kappa shape index (κ2) is 3.80. The molecule has 1 rings (SSSR count). The quantitative estimate of drug-likeness (QED) is 0.703. The molecule has 0 bridgehead atoms. The molecule has 0 aromatic heterocycles. The first kappa shape index (κ1) is 5.85. The Morgan fingerprint density at radius 2 is 2.38 bits per heavy atom. The fraction of sp³-hybridized carbons (Fsp3) is 0.222. The lowest BCUT2D eigenvalue weighted by atomic mass is 10.2. The van der Waals surface area contributed by atoms with Gasteiger partial charge in [0.25, 0.3) is 0 Å². The van der Waals surface area contributed by atoms with E-state index in [0.717, 1.165) is 12.1 Å². The summed E-state index contributed by atoms with van der Waals surface area (Å²) >= 11 is 0. The van der Waals surface area contributed by atoms with Crippen LogP contribution in [0.3, 0.4) is 0 Å². The Morgan fingerprint density at radius 3 is 3.00 bits per heavy atom. The Morgan fingerprint density at radius 1 is 1.62 bits per heavy atom. The molecule has 0 aliphatic heterocycles. The van der Waals surface area contributed by atoms with Gasteiger partial charge in [-0.1, -0.05) is 0 Å². The van der Waals surface area contributed by atoms with E-state index in [1.54, 1.807) is 0 Å².